The van der Waals surface area contributed by atoms with E-state index in [-0.39, 0.29) is 0 Å². The largest absolute Gasteiger partial charge is 0.490 e. The van der Waals surface area contributed by atoms with Crippen molar-refractivity contribution in [3.05, 3.63) is 28.2 Å². The SMILES string of the molecule is O=Cc1cc(Br)ccc1OC1CCCC1. The van der Waals surface area contributed by atoms with Gasteiger partial charge in [0.1, 0.15) is 5.75 Å². The number of ether oxygens (including phenoxy) is 1. The van der Waals surface area contributed by atoms with Crippen LogP contribution in [0.5, 0.6) is 5.75 Å². The van der Waals surface area contributed by atoms with Crippen molar-refractivity contribution in [3.63, 3.8) is 0 Å². The third kappa shape index (κ3) is 2.59. The Kier molecular flexibility index (Phi) is 3.41. The topological polar surface area (TPSA) is 26.3 Å². The molecule has 0 aliphatic heterocycles. The van der Waals surface area contributed by atoms with E-state index in [4.69, 9.17) is 4.74 Å². The molecular weight excluding hydrogens is 256 g/mol. The van der Waals surface area contributed by atoms with Crippen LogP contribution < -0.4 is 4.74 Å². The summed E-state index contributed by atoms with van der Waals surface area (Å²) in [7, 11) is 0. The molecule has 0 bridgehead atoms. The maximum absolute atomic E-state index is 10.9. The fraction of sp³-hybridized carbons (Fsp3) is 0.417. The van der Waals surface area contributed by atoms with Crippen molar-refractivity contribution < 1.29 is 9.53 Å². The Balaban J connectivity index is 2.15. The van der Waals surface area contributed by atoms with Crippen LogP contribution in [-0.4, -0.2) is 12.4 Å². The normalized spacial score (nSPS) is 16.6. The molecule has 15 heavy (non-hydrogen) atoms. The predicted molar refractivity (Wildman–Crippen MR) is 62.4 cm³/mol. The van der Waals surface area contributed by atoms with Crippen molar-refractivity contribution in [3.8, 4) is 5.75 Å². The van der Waals surface area contributed by atoms with Gasteiger partial charge in [0.2, 0.25) is 0 Å². The molecule has 3 heteroatoms. The fourth-order valence-electron chi connectivity index (χ4n) is 1.90. The minimum absolute atomic E-state index is 0.296. The van der Waals surface area contributed by atoms with Crippen molar-refractivity contribution in [2.24, 2.45) is 0 Å². The lowest BCUT2D eigenvalue weighted by Gasteiger charge is -2.14. The van der Waals surface area contributed by atoms with Crippen molar-refractivity contribution in [1.29, 1.82) is 0 Å². The molecule has 0 aromatic heterocycles. The van der Waals surface area contributed by atoms with Crippen LogP contribution in [0.4, 0.5) is 0 Å². The second-order valence-corrected chi connectivity index (χ2v) is 4.74. The standard InChI is InChI=1S/C12H13BrO2/c13-10-5-6-12(9(7-10)8-14)15-11-3-1-2-4-11/h5-8,11H,1-4H2. The van der Waals surface area contributed by atoms with Crippen molar-refractivity contribution in [2.75, 3.05) is 0 Å². The number of carbonyl (C=O) groups is 1. The van der Waals surface area contributed by atoms with Gasteiger partial charge in [-0.15, -0.1) is 0 Å². The van der Waals surface area contributed by atoms with Gasteiger partial charge in [-0.3, -0.25) is 4.79 Å². The number of hydrogen-bond donors (Lipinski definition) is 0. The van der Waals surface area contributed by atoms with Gasteiger partial charge in [0.05, 0.1) is 11.7 Å². The zero-order valence-electron chi connectivity index (χ0n) is 8.41. The van der Waals surface area contributed by atoms with E-state index in [1.807, 2.05) is 12.1 Å². The van der Waals surface area contributed by atoms with Gasteiger partial charge in [0, 0.05) is 4.47 Å². The Labute approximate surface area is 97.8 Å². The number of halogens is 1. The average Bonchev–Trinajstić information content (AvgIpc) is 2.73. The highest BCUT2D eigenvalue weighted by molar-refractivity contribution is 9.10. The quantitative estimate of drug-likeness (QED) is 0.784. The van der Waals surface area contributed by atoms with Crippen LogP contribution >= 0.6 is 15.9 Å². The molecule has 0 unspecified atom stereocenters. The van der Waals surface area contributed by atoms with E-state index >= 15 is 0 Å². The van der Waals surface area contributed by atoms with Crippen LogP contribution in [0, 0.1) is 0 Å². The molecule has 0 amide bonds. The minimum atomic E-state index is 0.296. The van der Waals surface area contributed by atoms with Gasteiger partial charge < -0.3 is 4.74 Å². The highest BCUT2D eigenvalue weighted by Gasteiger charge is 2.17. The fourth-order valence-corrected chi connectivity index (χ4v) is 2.28. The van der Waals surface area contributed by atoms with Crippen LogP contribution in [0.25, 0.3) is 0 Å². The summed E-state index contributed by atoms with van der Waals surface area (Å²) < 4.78 is 6.71. The Morgan fingerprint density at radius 3 is 2.73 bits per heavy atom. The van der Waals surface area contributed by atoms with E-state index in [0.717, 1.165) is 23.6 Å². The number of aldehydes is 1. The van der Waals surface area contributed by atoms with E-state index in [1.165, 1.54) is 12.8 Å². The first-order chi connectivity index (χ1) is 7.29. The summed E-state index contributed by atoms with van der Waals surface area (Å²) in [6, 6.07) is 5.54. The molecule has 1 fully saturated rings. The molecule has 1 aliphatic rings. The molecular formula is C12H13BrO2. The van der Waals surface area contributed by atoms with E-state index < -0.39 is 0 Å². The van der Waals surface area contributed by atoms with Crippen LogP contribution in [0.1, 0.15) is 36.0 Å². The smallest absolute Gasteiger partial charge is 0.153 e. The lowest BCUT2D eigenvalue weighted by molar-refractivity contribution is 0.111. The summed E-state index contributed by atoms with van der Waals surface area (Å²) in [4.78, 5) is 10.9. The number of benzene rings is 1. The summed E-state index contributed by atoms with van der Waals surface area (Å²) in [6.45, 7) is 0. The molecule has 80 valence electrons. The molecule has 1 saturated carbocycles. The molecule has 0 atom stereocenters. The van der Waals surface area contributed by atoms with Crippen LogP contribution in [0.15, 0.2) is 22.7 Å². The van der Waals surface area contributed by atoms with Crippen LogP contribution in [0.3, 0.4) is 0 Å². The monoisotopic (exact) mass is 268 g/mol. The lowest BCUT2D eigenvalue weighted by atomic mass is 10.2. The van der Waals surface area contributed by atoms with Gasteiger partial charge in [-0.05, 0) is 43.9 Å². The maximum atomic E-state index is 10.9. The molecule has 1 aliphatic carbocycles. The summed E-state index contributed by atoms with van der Waals surface area (Å²) in [5.41, 5.74) is 0.622. The highest BCUT2D eigenvalue weighted by atomic mass is 79.9. The Morgan fingerprint density at radius 1 is 1.33 bits per heavy atom. The molecule has 1 aromatic rings. The molecule has 0 saturated heterocycles. The molecule has 2 rings (SSSR count). The zero-order valence-corrected chi connectivity index (χ0v) is 10.00. The summed E-state index contributed by atoms with van der Waals surface area (Å²) >= 11 is 3.34. The summed E-state index contributed by atoms with van der Waals surface area (Å²) in [5.74, 6) is 0.708. The first kappa shape index (κ1) is 10.7. The van der Waals surface area contributed by atoms with E-state index in [2.05, 4.69) is 15.9 Å². The Bertz CT molecular complexity index is 357. The van der Waals surface area contributed by atoms with Gasteiger partial charge >= 0.3 is 0 Å². The first-order valence-electron chi connectivity index (χ1n) is 5.21. The zero-order chi connectivity index (χ0) is 10.7. The summed E-state index contributed by atoms with van der Waals surface area (Å²) in [6.07, 6.45) is 5.82. The van der Waals surface area contributed by atoms with E-state index in [0.29, 0.717) is 17.4 Å². The van der Waals surface area contributed by atoms with Gasteiger partial charge in [0.15, 0.2) is 6.29 Å². The highest BCUT2D eigenvalue weighted by Crippen LogP contribution is 2.27. The third-order valence-corrected chi connectivity index (χ3v) is 3.19. The minimum Gasteiger partial charge on any atom is -0.490 e. The number of hydrogen-bond acceptors (Lipinski definition) is 2. The Hall–Kier alpha value is -0.830. The van der Waals surface area contributed by atoms with E-state index in [1.54, 1.807) is 6.07 Å². The molecule has 0 spiro atoms. The number of rotatable bonds is 3. The number of carbonyl (C=O) groups excluding carboxylic acids is 1. The predicted octanol–water partition coefficient (Wildman–Crippen LogP) is 3.58. The van der Waals surface area contributed by atoms with Gasteiger partial charge in [-0.1, -0.05) is 15.9 Å². The van der Waals surface area contributed by atoms with Gasteiger partial charge in [0.25, 0.3) is 0 Å². The van der Waals surface area contributed by atoms with Crippen molar-refractivity contribution >= 4 is 22.2 Å². The van der Waals surface area contributed by atoms with E-state index in [9.17, 15) is 4.79 Å². The van der Waals surface area contributed by atoms with Crippen molar-refractivity contribution in [1.82, 2.24) is 0 Å². The second-order valence-electron chi connectivity index (χ2n) is 3.82. The van der Waals surface area contributed by atoms with Crippen molar-refractivity contribution in [2.45, 2.75) is 31.8 Å². The molecule has 0 heterocycles. The average molecular weight is 269 g/mol. The summed E-state index contributed by atoms with van der Waals surface area (Å²) in [5, 5.41) is 0. The Morgan fingerprint density at radius 2 is 2.07 bits per heavy atom. The maximum Gasteiger partial charge on any atom is 0.153 e. The lowest BCUT2D eigenvalue weighted by Crippen LogP contribution is -2.12. The van der Waals surface area contributed by atoms with Gasteiger partial charge in [-0.25, -0.2) is 0 Å². The molecule has 2 nitrogen and oxygen atoms in total. The molecule has 1 aromatic carbocycles. The van der Waals surface area contributed by atoms with Crippen LogP contribution in [-0.2, 0) is 0 Å². The third-order valence-electron chi connectivity index (χ3n) is 2.69. The first-order valence-corrected chi connectivity index (χ1v) is 6.00. The van der Waals surface area contributed by atoms with Crippen LogP contribution in [0.2, 0.25) is 0 Å². The molecule has 0 N–H and O–H groups in total. The second kappa shape index (κ2) is 4.79. The molecule has 0 radical (unpaired) electrons. The van der Waals surface area contributed by atoms with Gasteiger partial charge in [-0.2, -0.15) is 0 Å².